The first-order valence-corrected chi connectivity index (χ1v) is 9.64. The van der Waals surface area contributed by atoms with E-state index in [4.69, 9.17) is 0 Å². The third kappa shape index (κ3) is 4.59. The van der Waals surface area contributed by atoms with Crippen LogP contribution in [0.4, 0.5) is 10.1 Å². The Kier molecular flexibility index (Phi) is 6.12. The summed E-state index contributed by atoms with van der Waals surface area (Å²) >= 11 is 1.06. The second-order valence-corrected chi connectivity index (χ2v) is 7.37. The molecule has 2 amide bonds. The number of halogens is 1. The highest BCUT2D eigenvalue weighted by atomic mass is 32.2. The van der Waals surface area contributed by atoms with Crippen molar-refractivity contribution in [2.75, 3.05) is 11.1 Å². The molecule has 1 heterocycles. The lowest BCUT2D eigenvalue weighted by Crippen LogP contribution is -2.31. The van der Waals surface area contributed by atoms with Crippen molar-refractivity contribution in [2.45, 2.75) is 19.3 Å². The number of rotatable bonds is 5. The van der Waals surface area contributed by atoms with E-state index in [9.17, 15) is 19.2 Å². The van der Waals surface area contributed by atoms with Gasteiger partial charge in [-0.25, -0.2) is 4.39 Å². The van der Waals surface area contributed by atoms with Crippen LogP contribution in [0.3, 0.4) is 0 Å². The van der Waals surface area contributed by atoms with Crippen LogP contribution >= 0.6 is 11.8 Å². The van der Waals surface area contributed by atoms with Crippen LogP contribution in [0.5, 0.6) is 0 Å². The van der Waals surface area contributed by atoms with E-state index in [1.54, 1.807) is 6.07 Å². The molecule has 0 fully saturated rings. The zero-order valence-electron chi connectivity index (χ0n) is 15.2. The Labute approximate surface area is 166 Å². The number of para-hydroxylation sites is 1. The third-order valence-electron chi connectivity index (χ3n) is 4.33. The van der Waals surface area contributed by atoms with Crippen molar-refractivity contribution in [3.8, 4) is 6.07 Å². The molecule has 1 atom stereocenters. The van der Waals surface area contributed by atoms with Crippen molar-refractivity contribution < 1.29 is 14.0 Å². The number of benzene rings is 2. The largest absolute Gasteiger partial charge is 0.323 e. The van der Waals surface area contributed by atoms with E-state index < -0.39 is 11.7 Å². The molecular formula is C21H18FN3O2S. The van der Waals surface area contributed by atoms with Gasteiger partial charge >= 0.3 is 0 Å². The lowest BCUT2D eigenvalue weighted by molar-refractivity contribution is -0.121. The summed E-state index contributed by atoms with van der Waals surface area (Å²) in [5, 5.41) is 15.2. The number of carbonyl (C=O) groups excluding carboxylic acids is 2. The SMILES string of the molecule is Cc1ccc([C@@H]2CC(=O)NC(SCC(=O)Nc3ccccc3F)=C2C#N)cc1. The van der Waals surface area contributed by atoms with Gasteiger partial charge in [-0.15, -0.1) is 0 Å². The molecule has 0 spiro atoms. The molecule has 142 valence electrons. The highest BCUT2D eigenvalue weighted by Crippen LogP contribution is 2.36. The molecule has 2 N–H and O–H groups in total. The van der Waals surface area contributed by atoms with Gasteiger partial charge in [0.1, 0.15) is 5.82 Å². The minimum atomic E-state index is -0.525. The van der Waals surface area contributed by atoms with Gasteiger partial charge in [0.25, 0.3) is 0 Å². The minimum Gasteiger partial charge on any atom is -0.323 e. The maximum atomic E-state index is 13.6. The zero-order chi connectivity index (χ0) is 20.1. The standard InChI is InChI=1S/C21H18FN3O2S/c1-13-6-8-14(9-7-13)15-10-19(26)25-21(16(15)11-23)28-12-20(27)24-18-5-3-2-4-17(18)22/h2-9,15H,10,12H2,1H3,(H,24,27)(H,25,26)/t15-/m0/s1. The van der Waals surface area contributed by atoms with Crippen LogP contribution in [0.1, 0.15) is 23.5 Å². The van der Waals surface area contributed by atoms with Gasteiger partial charge in [0, 0.05) is 12.3 Å². The number of amides is 2. The minimum absolute atomic E-state index is 0.0598. The Bertz CT molecular complexity index is 980. The summed E-state index contributed by atoms with van der Waals surface area (Å²) in [6.45, 7) is 1.97. The summed E-state index contributed by atoms with van der Waals surface area (Å²) in [5.41, 5.74) is 2.48. The van der Waals surface area contributed by atoms with Crippen molar-refractivity contribution >= 4 is 29.3 Å². The van der Waals surface area contributed by atoms with Crippen LogP contribution < -0.4 is 10.6 Å². The molecule has 0 saturated heterocycles. The number of anilines is 1. The highest BCUT2D eigenvalue weighted by molar-refractivity contribution is 8.03. The van der Waals surface area contributed by atoms with E-state index in [1.165, 1.54) is 18.2 Å². The molecule has 5 nitrogen and oxygen atoms in total. The van der Waals surface area contributed by atoms with Gasteiger partial charge in [-0.2, -0.15) is 5.26 Å². The number of carbonyl (C=O) groups is 2. The molecule has 0 aliphatic carbocycles. The van der Waals surface area contributed by atoms with Gasteiger partial charge in [0.15, 0.2) is 0 Å². The number of allylic oxidation sites excluding steroid dienone is 1. The second kappa shape index (κ2) is 8.72. The molecular weight excluding hydrogens is 377 g/mol. The van der Waals surface area contributed by atoms with Crippen LogP contribution in [0, 0.1) is 24.1 Å². The molecule has 2 aromatic rings. The lowest BCUT2D eigenvalue weighted by Gasteiger charge is -2.25. The fraction of sp³-hybridized carbons (Fsp3) is 0.190. The predicted octanol–water partition coefficient (Wildman–Crippen LogP) is 3.84. The molecule has 0 aromatic heterocycles. The van der Waals surface area contributed by atoms with Crippen molar-refractivity contribution in [2.24, 2.45) is 0 Å². The Morgan fingerprint density at radius 1 is 1.29 bits per heavy atom. The number of hydrogen-bond acceptors (Lipinski definition) is 4. The first-order valence-electron chi connectivity index (χ1n) is 8.66. The average molecular weight is 395 g/mol. The fourth-order valence-electron chi connectivity index (χ4n) is 2.90. The first kappa shape index (κ1) is 19.6. The zero-order valence-corrected chi connectivity index (χ0v) is 16.0. The van der Waals surface area contributed by atoms with Crippen LogP contribution in [-0.2, 0) is 9.59 Å². The van der Waals surface area contributed by atoms with Gasteiger partial charge in [-0.3, -0.25) is 9.59 Å². The van der Waals surface area contributed by atoms with Gasteiger partial charge in [0.05, 0.1) is 28.1 Å². The van der Waals surface area contributed by atoms with Gasteiger partial charge < -0.3 is 10.6 Å². The Hall–Kier alpha value is -3.11. The molecule has 28 heavy (non-hydrogen) atoms. The van der Waals surface area contributed by atoms with Crippen LogP contribution in [0.25, 0.3) is 0 Å². The maximum Gasteiger partial charge on any atom is 0.234 e. The van der Waals surface area contributed by atoms with E-state index in [0.717, 1.165) is 22.9 Å². The van der Waals surface area contributed by atoms with Crippen molar-refractivity contribution in [3.63, 3.8) is 0 Å². The molecule has 0 bridgehead atoms. The summed E-state index contributed by atoms with van der Waals surface area (Å²) in [6, 6.07) is 15.7. The Balaban J connectivity index is 1.76. The number of nitrogens with one attached hydrogen (secondary N) is 2. The van der Waals surface area contributed by atoms with E-state index in [1.807, 2.05) is 31.2 Å². The van der Waals surface area contributed by atoms with Crippen molar-refractivity contribution in [3.05, 3.63) is 76.1 Å². The summed E-state index contributed by atoms with van der Waals surface area (Å²) in [5.74, 6) is -1.57. The first-order chi connectivity index (χ1) is 13.5. The summed E-state index contributed by atoms with van der Waals surface area (Å²) in [4.78, 5) is 24.3. The van der Waals surface area contributed by atoms with E-state index in [-0.39, 0.29) is 29.7 Å². The summed E-state index contributed by atoms with van der Waals surface area (Å²) in [6.07, 6.45) is 0.178. The van der Waals surface area contributed by atoms with E-state index in [2.05, 4.69) is 16.7 Å². The molecule has 7 heteroatoms. The molecule has 2 aromatic carbocycles. The van der Waals surface area contributed by atoms with Crippen LogP contribution in [0.2, 0.25) is 0 Å². The summed E-state index contributed by atoms with van der Waals surface area (Å²) < 4.78 is 13.6. The van der Waals surface area contributed by atoms with Gasteiger partial charge in [-0.05, 0) is 24.6 Å². The number of thioether (sulfide) groups is 1. The van der Waals surface area contributed by atoms with Crippen molar-refractivity contribution in [1.29, 1.82) is 5.26 Å². The molecule has 1 aliphatic heterocycles. The van der Waals surface area contributed by atoms with Crippen molar-refractivity contribution in [1.82, 2.24) is 5.32 Å². The fourth-order valence-corrected chi connectivity index (χ4v) is 3.78. The maximum absolute atomic E-state index is 13.6. The highest BCUT2D eigenvalue weighted by Gasteiger charge is 2.29. The van der Waals surface area contributed by atoms with Gasteiger partial charge in [0.2, 0.25) is 11.8 Å². The van der Waals surface area contributed by atoms with Gasteiger partial charge in [-0.1, -0.05) is 53.7 Å². The normalized spacial score (nSPS) is 16.3. The predicted molar refractivity (Wildman–Crippen MR) is 107 cm³/mol. The molecule has 0 saturated carbocycles. The third-order valence-corrected chi connectivity index (χ3v) is 5.35. The molecule has 3 rings (SSSR count). The molecule has 0 unspecified atom stereocenters. The van der Waals surface area contributed by atoms with Crippen LogP contribution in [0.15, 0.2) is 59.1 Å². The smallest absolute Gasteiger partial charge is 0.234 e. The quantitative estimate of drug-likeness (QED) is 0.806. The number of hydrogen-bond donors (Lipinski definition) is 2. The number of nitriles is 1. The average Bonchev–Trinajstić information content (AvgIpc) is 2.68. The Morgan fingerprint density at radius 3 is 2.68 bits per heavy atom. The monoisotopic (exact) mass is 395 g/mol. The van der Waals surface area contributed by atoms with Crippen LogP contribution in [-0.4, -0.2) is 17.6 Å². The molecule has 1 aliphatic rings. The molecule has 0 radical (unpaired) electrons. The second-order valence-electron chi connectivity index (χ2n) is 6.39. The van der Waals surface area contributed by atoms with E-state index in [0.29, 0.717) is 10.6 Å². The summed E-state index contributed by atoms with van der Waals surface area (Å²) in [7, 11) is 0. The van der Waals surface area contributed by atoms with E-state index >= 15 is 0 Å². The Morgan fingerprint density at radius 2 is 2.00 bits per heavy atom. The lowest BCUT2D eigenvalue weighted by atomic mass is 9.87. The number of aryl methyl sites for hydroxylation is 1. The number of nitrogens with zero attached hydrogens (tertiary/aromatic N) is 1. The topological polar surface area (TPSA) is 82.0 Å².